The van der Waals surface area contributed by atoms with Crippen molar-refractivity contribution in [2.75, 3.05) is 6.54 Å². The van der Waals surface area contributed by atoms with Crippen LogP contribution in [-0.2, 0) is 6.54 Å². The summed E-state index contributed by atoms with van der Waals surface area (Å²) in [5.41, 5.74) is 4.82. The average molecular weight is 257 g/mol. The van der Waals surface area contributed by atoms with Crippen molar-refractivity contribution in [2.45, 2.75) is 34.2 Å². The van der Waals surface area contributed by atoms with Crippen LogP contribution in [0, 0.1) is 19.8 Å². The molecule has 0 radical (unpaired) electrons. The molecule has 0 saturated heterocycles. The molecule has 19 heavy (non-hydrogen) atoms. The van der Waals surface area contributed by atoms with Gasteiger partial charge < -0.3 is 9.88 Å². The fourth-order valence-electron chi connectivity index (χ4n) is 2.13. The minimum Gasteiger partial charge on any atom is -0.312 e. The SMILES string of the molecule is Cc1ncn(-c2ccccc2CNCC(C)C)c1C. The second-order valence-corrected chi connectivity index (χ2v) is 5.44. The summed E-state index contributed by atoms with van der Waals surface area (Å²) in [7, 11) is 0. The first kappa shape index (κ1) is 13.8. The standard InChI is InChI=1S/C16H23N3/c1-12(2)9-17-10-15-7-5-6-8-16(15)19-11-18-13(3)14(19)4/h5-8,11-12,17H,9-10H2,1-4H3. The van der Waals surface area contributed by atoms with E-state index in [9.17, 15) is 0 Å². The monoisotopic (exact) mass is 257 g/mol. The summed E-state index contributed by atoms with van der Waals surface area (Å²) in [6.07, 6.45) is 1.91. The summed E-state index contributed by atoms with van der Waals surface area (Å²) in [5, 5.41) is 3.50. The molecular formula is C16H23N3. The van der Waals surface area contributed by atoms with Gasteiger partial charge in [-0.25, -0.2) is 4.98 Å². The lowest BCUT2D eigenvalue weighted by atomic mass is 10.1. The van der Waals surface area contributed by atoms with Crippen molar-refractivity contribution in [3.05, 3.63) is 47.5 Å². The Labute approximate surface area is 115 Å². The molecule has 3 nitrogen and oxygen atoms in total. The number of nitrogens with one attached hydrogen (secondary N) is 1. The minimum absolute atomic E-state index is 0.671. The van der Waals surface area contributed by atoms with E-state index in [1.807, 2.05) is 13.3 Å². The van der Waals surface area contributed by atoms with Crippen molar-refractivity contribution in [2.24, 2.45) is 5.92 Å². The summed E-state index contributed by atoms with van der Waals surface area (Å²) in [6.45, 7) is 10.5. The van der Waals surface area contributed by atoms with E-state index in [1.54, 1.807) is 0 Å². The number of aryl methyl sites for hydroxylation is 1. The number of nitrogens with zero attached hydrogens (tertiary/aromatic N) is 2. The average Bonchev–Trinajstić information content (AvgIpc) is 2.70. The minimum atomic E-state index is 0.671. The molecule has 1 aromatic carbocycles. The number of benzene rings is 1. The van der Waals surface area contributed by atoms with E-state index >= 15 is 0 Å². The van der Waals surface area contributed by atoms with Crippen LogP contribution < -0.4 is 5.32 Å². The molecule has 0 unspecified atom stereocenters. The van der Waals surface area contributed by atoms with Crippen molar-refractivity contribution in [1.29, 1.82) is 0 Å². The Morgan fingerprint density at radius 3 is 2.58 bits per heavy atom. The van der Waals surface area contributed by atoms with Gasteiger partial charge in [0, 0.05) is 12.2 Å². The van der Waals surface area contributed by atoms with Gasteiger partial charge >= 0.3 is 0 Å². The van der Waals surface area contributed by atoms with Gasteiger partial charge in [-0.3, -0.25) is 0 Å². The van der Waals surface area contributed by atoms with E-state index in [2.05, 4.69) is 59.9 Å². The smallest absolute Gasteiger partial charge is 0.0997 e. The maximum absolute atomic E-state index is 4.38. The molecule has 0 bridgehead atoms. The third-order valence-corrected chi connectivity index (χ3v) is 3.37. The third-order valence-electron chi connectivity index (χ3n) is 3.37. The number of hydrogen-bond acceptors (Lipinski definition) is 2. The molecule has 0 aliphatic heterocycles. The predicted molar refractivity (Wildman–Crippen MR) is 79.6 cm³/mol. The zero-order chi connectivity index (χ0) is 13.8. The van der Waals surface area contributed by atoms with E-state index in [0.717, 1.165) is 18.8 Å². The maximum Gasteiger partial charge on any atom is 0.0997 e. The normalized spacial score (nSPS) is 11.2. The summed E-state index contributed by atoms with van der Waals surface area (Å²) < 4.78 is 2.17. The van der Waals surface area contributed by atoms with Crippen molar-refractivity contribution < 1.29 is 0 Å². The first-order chi connectivity index (χ1) is 9.09. The number of para-hydroxylation sites is 1. The second kappa shape index (κ2) is 6.02. The first-order valence-corrected chi connectivity index (χ1v) is 6.89. The molecule has 0 aliphatic carbocycles. The van der Waals surface area contributed by atoms with Crippen LogP contribution in [0.1, 0.15) is 30.8 Å². The Morgan fingerprint density at radius 2 is 1.95 bits per heavy atom. The zero-order valence-corrected chi connectivity index (χ0v) is 12.3. The van der Waals surface area contributed by atoms with Crippen LogP contribution in [0.25, 0.3) is 5.69 Å². The molecule has 0 fully saturated rings. The number of rotatable bonds is 5. The van der Waals surface area contributed by atoms with Gasteiger partial charge in [0.15, 0.2) is 0 Å². The van der Waals surface area contributed by atoms with E-state index in [0.29, 0.717) is 5.92 Å². The predicted octanol–water partition coefficient (Wildman–Crippen LogP) is 3.23. The lowest BCUT2D eigenvalue weighted by Gasteiger charge is -2.13. The maximum atomic E-state index is 4.38. The van der Waals surface area contributed by atoms with Gasteiger partial charge in [-0.1, -0.05) is 32.0 Å². The van der Waals surface area contributed by atoms with Crippen molar-refractivity contribution in [3.8, 4) is 5.69 Å². The van der Waals surface area contributed by atoms with Crippen LogP contribution in [0.15, 0.2) is 30.6 Å². The Bertz CT molecular complexity index is 541. The Hall–Kier alpha value is -1.61. The molecule has 0 atom stereocenters. The Kier molecular flexibility index (Phi) is 4.38. The lowest BCUT2D eigenvalue weighted by Crippen LogP contribution is -2.20. The van der Waals surface area contributed by atoms with E-state index in [-0.39, 0.29) is 0 Å². The molecule has 1 aromatic heterocycles. The van der Waals surface area contributed by atoms with Gasteiger partial charge in [-0.15, -0.1) is 0 Å². The molecule has 0 aliphatic rings. The zero-order valence-electron chi connectivity index (χ0n) is 12.3. The third kappa shape index (κ3) is 3.24. The molecule has 3 heteroatoms. The molecule has 0 amide bonds. The molecule has 1 N–H and O–H groups in total. The number of imidazole rings is 1. The Balaban J connectivity index is 2.23. The van der Waals surface area contributed by atoms with Crippen LogP contribution in [0.2, 0.25) is 0 Å². The van der Waals surface area contributed by atoms with Crippen LogP contribution in [0.5, 0.6) is 0 Å². The molecule has 2 rings (SSSR count). The van der Waals surface area contributed by atoms with Crippen LogP contribution in [0.3, 0.4) is 0 Å². The highest BCUT2D eigenvalue weighted by atomic mass is 15.1. The van der Waals surface area contributed by atoms with E-state index in [4.69, 9.17) is 0 Å². The number of aromatic nitrogens is 2. The topological polar surface area (TPSA) is 29.9 Å². The Morgan fingerprint density at radius 1 is 1.21 bits per heavy atom. The van der Waals surface area contributed by atoms with Gasteiger partial charge in [0.2, 0.25) is 0 Å². The molecule has 102 valence electrons. The lowest BCUT2D eigenvalue weighted by molar-refractivity contribution is 0.551. The summed E-state index contributed by atoms with van der Waals surface area (Å²) in [6, 6.07) is 8.50. The molecule has 0 spiro atoms. The van der Waals surface area contributed by atoms with Gasteiger partial charge in [0.05, 0.1) is 17.7 Å². The summed E-state index contributed by atoms with van der Waals surface area (Å²) >= 11 is 0. The van der Waals surface area contributed by atoms with Crippen molar-refractivity contribution in [1.82, 2.24) is 14.9 Å². The van der Waals surface area contributed by atoms with Crippen LogP contribution >= 0.6 is 0 Å². The fourth-order valence-corrected chi connectivity index (χ4v) is 2.13. The highest BCUT2D eigenvalue weighted by molar-refractivity contribution is 5.42. The van der Waals surface area contributed by atoms with Crippen LogP contribution in [0.4, 0.5) is 0 Å². The van der Waals surface area contributed by atoms with Gasteiger partial charge in [-0.05, 0) is 37.9 Å². The molecule has 0 saturated carbocycles. The van der Waals surface area contributed by atoms with Gasteiger partial charge in [0.1, 0.15) is 0 Å². The highest BCUT2D eigenvalue weighted by Crippen LogP contribution is 2.18. The first-order valence-electron chi connectivity index (χ1n) is 6.89. The molecule has 2 aromatic rings. The van der Waals surface area contributed by atoms with E-state index in [1.165, 1.54) is 16.9 Å². The largest absolute Gasteiger partial charge is 0.312 e. The molecular weight excluding hydrogens is 234 g/mol. The second-order valence-electron chi connectivity index (χ2n) is 5.44. The van der Waals surface area contributed by atoms with Crippen molar-refractivity contribution >= 4 is 0 Å². The highest BCUT2D eigenvalue weighted by Gasteiger charge is 2.08. The summed E-state index contributed by atoms with van der Waals surface area (Å²) in [5.74, 6) is 0.671. The summed E-state index contributed by atoms with van der Waals surface area (Å²) in [4.78, 5) is 4.38. The number of hydrogen-bond donors (Lipinski definition) is 1. The van der Waals surface area contributed by atoms with Crippen molar-refractivity contribution in [3.63, 3.8) is 0 Å². The van der Waals surface area contributed by atoms with Gasteiger partial charge in [0.25, 0.3) is 0 Å². The van der Waals surface area contributed by atoms with Gasteiger partial charge in [-0.2, -0.15) is 0 Å². The quantitative estimate of drug-likeness (QED) is 0.891. The molecule has 1 heterocycles. The van der Waals surface area contributed by atoms with Crippen LogP contribution in [-0.4, -0.2) is 16.1 Å². The fraction of sp³-hybridized carbons (Fsp3) is 0.438. The van der Waals surface area contributed by atoms with E-state index < -0.39 is 0 Å².